The van der Waals surface area contributed by atoms with Crippen LogP contribution in [-0.2, 0) is 16.6 Å². The molecule has 0 aliphatic carbocycles. The van der Waals surface area contributed by atoms with E-state index in [2.05, 4.69) is 4.72 Å². The van der Waals surface area contributed by atoms with Gasteiger partial charge in [-0.1, -0.05) is 12.1 Å². The standard InChI is InChI=1S/C14H14F2N2O2S/c1-9-2-3-10(8-17)6-13(9)18-21(19,20)14-5-4-11(15)7-12(14)16/h2-7,18H,8,17H2,1H3. The molecule has 2 rings (SSSR count). The Bertz CT molecular complexity index is 777. The Balaban J connectivity index is 2.42. The van der Waals surface area contributed by atoms with Crippen LogP contribution in [0.5, 0.6) is 0 Å². The summed E-state index contributed by atoms with van der Waals surface area (Å²) in [5.74, 6) is -1.98. The molecule has 0 saturated carbocycles. The summed E-state index contributed by atoms with van der Waals surface area (Å²) in [5.41, 5.74) is 7.21. The van der Waals surface area contributed by atoms with Gasteiger partial charge in [0.1, 0.15) is 16.5 Å². The number of benzene rings is 2. The molecule has 4 nitrogen and oxygen atoms in total. The zero-order chi connectivity index (χ0) is 15.6. The van der Waals surface area contributed by atoms with Crippen molar-refractivity contribution in [3.05, 3.63) is 59.2 Å². The highest BCUT2D eigenvalue weighted by molar-refractivity contribution is 7.92. The zero-order valence-corrected chi connectivity index (χ0v) is 12.0. The number of hydrogen-bond acceptors (Lipinski definition) is 3. The maximum absolute atomic E-state index is 13.6. The minimum atomic E-state index is -4.14. The van der Waals surface area contributed by atoms with Crippen LogP contribution in [0.3, 0.4) is 0 Å². The van der Waals surface area contributed by atoms with Crippen molar-refractivity contribution in [1.82, 2.24) is 0 Å². The van der Waals surface area contributed by atoms with Crippen molar-refractivity contribution in [2.24, 2.45) is 5.73 Å². The average Bonchev–Trinajstić information content (AvgIpc) is 2.40. The molecule has 0 fully saturated rings. The number of rotatable bonds is 4. The van der Waals surface area contributed by atoms with Gasteiger partial charge in [0.05, 0.1) is 5.69 Å². The molecule has 2 aromatic rings. The Morgan fingerprint density at radius 3 is 2.48 bits per heavy atom. The minimum Gasteiger partial charge on any atom is -0.326 e. The lowest BCUT2D eigenvalue weighted by Gasteiger charge is -2.12. The molecule has 0 saturated heterocycles. The second kappa shape index (κ2) is 5.79. The Morgan fingerprint density at radius 1 is 1.14 bits per heavy atom. The van der Waals surface area contributed by atoms with Crippen LogP contribution in [0, 0.1) is 18.6 Å². The van der Waals surface area contributed by atoms with Crippen LogP contribution in [0.4, 0.5) is 14.5 Å². The van der Waals surface area contributed by atoms with E-state index >= 15 is 0 Å². The maximum atomic E-state index is 13.6. The third-order valence-corrected chi connectivity index (χ3v) is 4.36. The van der Waals surface area contributed by atoms with Gasteiger partial charge in [-0.15, -0.1) is 0 Å². The maximum Gasteiger partial charge on any atom is 0.264 e. The van der Waals surface area contributed by atoms with Crippen molar-refractivity contribution in [3.8, 4) is 0 Å². The van der Waals surface area contributed by atoms with Gasteiger partial charge in [0.15, 0.2) is 0 Å². The molecule has 0 aromatic heterocycles. The van der Waals surface area contributed by atoms with E-state index < -0.39 is 26.6 Å². The van der Waals surface area contributed by atoms with E-state index in [1.807, 2.05) is 0 Å². The van der Waals surface area contributed by atoms with Gasteiger partial charge in [0.2, 0.25) is 0 Å². The fourth-order valence-corrected chi connectivity index (χ4v) is 2.98. The predicted octanol–water partition coefficient (Wildman–Crippen LogP) is 2.53. The molecule has 0 aliphatic rings. The Hall–Kier alpha value is -1.99. The monoisotopic (exact) mass is 312 g/mol. The quantitative estimate of drug-likeness (QED) is 0.911. The van der Waals surface area contributed by atoms with Crippen molar-refractivity contribution in [1.29, 1.82) is 0 Å². The Kier molecular flexibility index (Phi) is 4.24. The van der Waals surface area contributed by atoms with Crippen molar-refractivity contribution in [2.45, 2.75) is 18.4 Å². The molecule has 0 bridgehead atoms. The second-order valence-corrected chi connectivity index (χ2v) is 6.18. The Labute approximate surface area is 121 Å². The number of hydrogen-bond donors (Lipinski definition) is 2. The summed E-state index contributed by atoms with van der Waals surface area (Å²) in [4.78, 5) is -0.610. The van der Waals surface area contributed by atoms with Crippen LogP contribution in [0.1, 0.15) is 11.1 Å². The van der Waals surface area contributed by atoms with Crippen molar-refractivity contribution < 1.29 is 17.2 Å². The van der Waals surface area contributed by atoms with Crippen LogP contribution in [0.2, 0.25) is 0 Å². The smallest absolute Gasteiger partial charge is 0.264 e. The normalized spacial score (nSPS) is 11.4. The first kappa shape index (κ1) is 15.4. The molecule has 7 heteroatoms. The lowest BCUT2D eigenvalue weighted by molar-refractivity contribution is 0.551. The van der Waals surface area contributed by atoms with E-state index in [-0.39, 0.29) is 6.54 Å². The third kappa shape index (κ3) is 3.37. The van der Waals surface area contributed by atoms with Crippen LogP contribution in [0.25, 0.3) is 0 Å². The van der Waals surface area contributed by atoms with E-state index in [4.69, 9.17) is 5.73 Å². The average molecular weight is 312 g/mol. The SMILES string of the molecule is Cc1ccc(CN)cc1NS(=O)(=O)c1ccc(F)cc1F. The molecule has 0 amide bonds. The molecule has 112 valence electrons. The number of aryl methyl sites for hydroxylation is 1. The van der Waals surface area contributed by atoms with Crippen molar-refractivity contribution >= 4 is 15.7 Å². The molecular formula is C14H14F2N2O2S. The summed E-state index contributed by atoms with van der Waals surface area (Å²) < 4.78 is 53.1. The molecule has 0 unspecified atom stereocenters. The summed E-state index contributed by atoms with van der Waals surface area (Å²) in [6, 6.07) is 7.36. The second-order valence-electron chi connectivity index (χ2n) is 4.53. The highest BCUT2D eigenvalue weighted by Gasteiger charge is 2.20. The van der Waals surface area contributed by atoms with Crippen LogP contribution < -0.4 is 10.5 Å². The first-order valence-corrected chi connectivity index (χ1v) is 7.59. The fraction of sp³-hybridized carbons (Fsp3) is 0.143. The lowest BCUT2D eigenvalue weighted by Crippen LogP contribution is -2.16. The zero-order valence-electron chi connectivity index (χ0n) is 11.2. The number of nitrogens with one attached hydrogen (secondary N) is 1. The van der Waals surface area contributed by atoms with Crippen LogP contribution in [0.15, 0.2) is 41.3 Å². The molecule has 0 atom stereocenters. The van der Waals surface area contributed by atoms with Crippen LogP contribution in [-0.4, -0.2) is 8.42 Å². The van der Waals surface area contributed by atoms with Gasteiger partial charge in [-0.25, -0.2) is 17.2 Å². The predicted molar refractivity (Wildman–Crippen MR) is 76.2 cm³/mol. The minimum absolute atomic E-state index is 0.250. The number of nitrogens with two attached hydrogens (primary N) is 1. The lowest BCUT2D eigenvalue weighted by atomic mass is 10.1. The summed E-state index contributed by atoms with van der Waals surface area (Å²) >= 11 is 0. The molecule has 2 aromatic carbocycles. The van der Waals surface area contributed by atoms with E-state index in [0.29, 0.717) is 17.3 Å². The molecule has 3 N–H and O–H groups in total. The molecule has 0 radical (unpaired) electrons. The van der Waals surface area contributed by atoms with E-state index in [1.165, 1.54) is 0 Å². The van der Waals surface area contributed by atoms with E-state index in [0.717, 1.165) is 17.7 Å². The van der Waals surface area contributed by atoms with Crippen molar-refractivity contribution in [2.75, 3.05) is 4.72 Å². The summed E-state index contributed by atoms with van der Waals surface area (Å²) in [6.07, 6.45) is 0. The third-order valence-electron chi connectivity index (χ3n) is 2.97. The van der Waals surface area contributed by atoms with Gasteiger partial charge in [0.25, 0.3) is 10.0 Å². The topological polar surface area (TPSA) is 72.2 Å². The number of anilines is 1. The van der Waals surface area contributed by atoms with Gasteiger partial charge >= 0.3 is 0 Å². The molecule has 0 spiro atoms. The number of sulfonamides is 1. The van der Waals surface area contributed by atoms with Gasteiger partial charge < -0.3 is 5.73 Å². The van der Waals surface area contributed by atoms with Gasteiger partial charge in [-0.05, 0) is 36.2 Å². The number of halogens is 2. The van der Waals surface area contributed by atoms with Crippen molar-refractivity contribution in [3.63, 3.8) is 0 Å². The molecule has 0 aliphatic heterocycles. The first-order valence-electron chi connectivity index (χ1n) is 6.11. The molecule has 21 heavy (non-hydrogen) atoms. The van der Waals surface area contributed by atoms with E-state index in [9.17, 15) is 17.2 Å². The fourth-order valence-electron chi connectivity index (χ4n) is 1.80. The highest BCUT2D eigenvalue weighted by atomic mass is 32.2. The van der Waals surface area contributed by atoms with Gasteiger partial charge in [0, 0.05) is 12.6 Å². The summed E-state index contributed by atoms with van der Waals surface area (Å²) in [5, 5.41) is 0. The van der Waals surface area contributed by atoms with Crippen LogP contribution >= 0.6 is 0 Å². The van der Waals surface area contributed by atoms with Gasteiger partial charge in [-0.3, -0.25) is 4.72 Å². The first-order chi connectivity index (χ1) is 9.83. The molecule has 0 heterocycles. The Morgan fingerprint density at radius 2 is 1.86 bits per heavy atom. The molecular weight excluding hydrogens is 298 g/mol. The summed E-state index contributed by atoms with van der Waals surface area (Å²) in [7, 11) is -4.14. The van der Waals surface area contributed by atoms with E-state index in [1.54, 1.807) is 25.1 Å². The summed E-state index contributed by atoms with van der Waals surface area (Å²) in [6.45, 7) is 1.96. The largest absolute Gasteiger partial charge is 0.326 e. The highest BCUT2D eigenvalue weighted by Crippen LogP contribution is 2.23. The van der Waals surface area contributed by atoms with Gasteiger partial charge in [-0.2, -0.15) is 0 Å².